The van der Waals surface area contributed by atoms with Gasteiger partial charge >= 0.3 is 7.60 Å². The van der Waals surface area contributed by atoms with Crippen molar-refractivity contribution in [2.75, 3.05) is 13.3 Å². The maximum absolute atomic E-state index is 11.3. The third-order valence-electron chi connectivity index (χ3n) is 4.83. The zero-order valence-electron chi connectivity index (χ0n) is 16.5. The Balaban J connectivity index is 2.73. The lowest BCUT2D eigenvalue weighted by Gasteiger charge is -2.20. The van der Waals surface area contributed by atoms with E-state index in [9.17, 15) is 19.5 Å². The molecule has 0 saturated carbocycles. The molecule has 0 spiro atoms. The molecule has 0 bridgehead atoms. The number of aryl methyl sites for hydroxylation is 3. The van der Waals surface area contributed by atoms with Crippen LogP contribution in [0, 0.1) is 13.8 Å². The molecule has 0 aliphatic carbocycles. The van der Waals surface area contributed by atoms with Gasteiger partial charge in [0.2, 0.25) is 0 Å². The summed E-state index contributed by atoms with van der Waals surface area (Å²) in [6.07, 6.45) is 1.50. The van der Waals surface area contributed by atoms with Crippen LogP contribution in [0.25, 0.3) is 11.1 Å². The molecule has 6 nitrogen and oxygen atoms in total. The maximum Gasteiger partial charge on any atom is 0.325 e. The van der Waals surface area contributed by atoms with Gasteiger partial charge in [0, 0.05) is 17.8 Å². The normalized spacial score (nSPS) is 11.7. The second kappa shape index (κ2) is 8.42. The van der Waals surface area contributed by atoms with Crippen LogP contribution in [0.4, 0.5) is 0 Å². The van der Waals surface area contributed by atoms with Gasteiger partial charge in [0.25, 0.3) is 0 Å². The minimum Gasteiger partial charge on any atom is -0.504 e. The number of phenols is 1. The minimum atomic E-state index is -4.10. The van der Waals surface area contributed by atoms with E-state index in [4.69, 9.17) is 9.72 Å². The second-order valence-corrected chi connectivity index (χ2v) is 8.45. The predicted octanol–water partition coefficient (Wildman–Crippen LogP) is 3.92. The molecule has 1 aromatic heterocycles. The predicted molar refractivity (Wildman–Crippen MR) is 107 cm³/mol. The number of benzene rings is 1. The minimum absolute atomic E-state index is 0.114. The fourth-order valence-corrected chi connectivity index (χ4v) is 3.94. The van der Waals surface area contributed by atoms with Crippen LogP contribution in [0.2, 0.25) is 0 Å². The van der Waals surface area contributed by atoms with Gasteiger partial charge in [-0.15, -0.1) is 0 Å². The van der Waals surface area contributed by atoms with Gasteiger partial charge in [-0.3, -0.25) is 9.55 Å². The zero-order chi connectivity index (χ0) is 20.4. The molecule has 148 valence electrons. The van der Waals surface area contributed by atoms with E-state index in [1.165, 1.54) is 7.11 Å². The molecule has 0 amide bonds. The third-order valence-corrected chi connectivity index (χ3v) is 5.64. The highest BCUT2D eigenvalue weighted by molar-refractivity contribution is 7.51. The Bertz CT molecular complexity index is 889. The first-order valence-corrected chi connectivity index (χ1v) is 10.9. The third kappa shape index (κ3) is 4.70. The van der Waals surface area contributed by atoms with Gasteiger partial charge in [-0.2, -0.15) is 0 Å². The summed E-state index contributed by atoms with van der Waals surface area (Å²) in [5.74, 6) is 0.515. The lowest BCUT2D eigenvalue weighted by molar-refractivity contribution is 0.372. The first-order valence-electron chi connectivity index (χ1n) is 9.06. The number of nitrogens with zero attached hydrogens (tertiary/aromatic N) is 1. The van der Waals surface area contributed by atoms with E-state index >= 15 is 0 Å². The van der Waals surface area contributed by atoms with Crippen molar-refractivity contribution in [2.45, 2.75) is 47.0 Å². The van der Waals surface area contributed by atoms with E-state index in [0.717, 1.165) is 40.8 Å². The first kappa shape index (κ1) is 21.4. The van der Waals surface area contributed by atoms with Gasteiger partial charge in [-0.25, -0.2) is 0 Å². The number of pyridine rings is 1. The molecule has 0 atom stereocenters. The van der Waals surface area contributed by atoms with Crippen molar-refractivity contribution < 1.29 is 24.2 Å². The van der Waals surface area contributed by atoms with E-state index < -0.39 is 7.60 Å². The second-order valence-electron chi connectivity index (χ2n) is 6.67. The van der Waals surface area contributed by atoms with Crippen molar-refractivity contribution in [3.8, 4) is 22.6 Å². The SMILES string of the molecule is CCc1nc(CCP(=O)(O)O)c(C)c(-c2cc(C)c(O)c(OC)c2)c1CC. The molecule has 0 aliphatic rings. The van der Waals surface area contributed by atoms with Crippen LogP contribution in [0.3, 0.4) is 0 Å². The van der Waals surface area contributed by atoms with Crippen LogP contribution in [0.5, 0.6) is 11.5 Å². The van der Waals surface area contributed by atoms with E-state index in [0.29, 0.717) is 17.0 Å². The molecule has 7 heteroatoms. The monoisotopic (exact) mass is 393 g/mol. The highest BCUT2D eigenvalue weighted by atomic mass is 31.2. The number of aromatic nitrogens is 1. The van der Waals surface area contributed by atoms with Gasteiger partial charge in [0.05, 0.1) is 13.3 Å². The molecule has 0 radical (unpaired) electrons. The first-order chi connectivity index (χ1) is 12.6. The summed E-state index contributed by atoms with van der Waals surface area (Å²) in [6, 6.07) is 3.71. The number of rotatable bonds is 7. The average Bonchev–Trinajstić information content (AvgIpc) is 2.61. The van der Waals surface area contributed by atoms with Gasteiger partial charge in [-0.1, -0.05) is 13.8 Å². The fraction of sp³-hybridized carbons (Fsp3) is 0.450. The van der Waals surface area contributed by atoms with Crippen molar-refractivity contribution in [1.29, 1.82) is 0 Å². The summed E-state index contributed by atoms with van der Waals surface area (Å²) in [5.41, 5.74) is 6.28. The summed E-state index contributed by atoms with van der Waals surface area (Å²) >= 11 is 0. The Morgan fingerprint density at radius 2 is 1.78 bits per heavy atom. The number of methoxy groups -OCH3 is 1. The number of phenolic OH excluding ortho intramolecular Hbond substituents is 1. The molecule has 27 heavy (non-hydrogen) atoms. The van der Waals surface area contributed by atoms with Gasteiger partial charge in [-0.05, 0) is 66.6 Å². The lowest BCUT2D eigenvalue weighted by atomic mass is 9.89. The highest BCUT2D eigenvalue weighted by Gasteiger charge is 2.21. The Morgan fingerprint density at radius 1 is 1.11 bits per heavy atom. The van der Waals surface area contributed by atoms with E-state index in [2.05, 4.69) is 6.92 Å². The van der Waals surface area contributed by atoms with Crippen LogP contribution in [0.15, 0.2) is 12.1 Å². The van der Waals surface area contributed by atoms with Crippen LogP contribution in [-0.4, -0.2) is 33.1 Å². The Morgan fingerprint density at radius 3 is 2.30 bits per heavy atom. The molecule has 0 fully saturated rings. The molecule has 0 aliphatic heterocycles. The summed E-state index contributed by atoms with van der Waals surface area (Å²) < 4.78 is 16.6. The Labute approximate surface area is 160 Å². The molecule has 0 saturated heterocycles. The quantitative estimate of drug-likeness (QED) is 0.617. The molecule has 2 aromatic rings. The highest BCUT2D eigenvalue weighted by Crippen LogP contribution is 2.40. The van der Waals surface area contributed by atoms with Gasteiger partial charge < -0.3 is 19.6 Å². The maximum atomic E-state index is 11.3. The average molecular weight is 393 g/mol. The van der Waals surface area contributed by atoms with Crippen molar-refractivity contribution in [1.82, 2.24) is 4.98 Å². The molecule has 0 unspecified atom stereocenters. The molecular formula is C20H28NO5P. The van der Waals surface area contributed by atoms with Crippen LogP contribution < -0.4 is 4.74 Å². The fourth-order valence-electron chi connectivity index (χ4n) is 3.44. The molecule has 2 rings (SSSR count). The Hall–Kier alpha value is -1.88. The summed E-state index contributed by atoms with van der Waals surface area (Å²) in [7, 11) is -2.59. The number of hydrogen-bond acceptors (Lipinski definition) is 4. The van der Waals surface area contributed by atoms with Crippen LogP contribution in [-0.2, 0) is 23.8 Å². The standard InChI is InChI=1S/C20H28NO5P/c1-6-15-16(7-2)21-17(8-9-27(23,24)25)13(4)19(15)14-10-12(3)20(22)18(11-14)26-5/h10-11,22H,6-9H2,1-5H3,(H2,23,24,25). The summed E-state index contributed by atoms with van der Waals surface area (Å²) in [6.45, 7) is 7.85. The molecule has 1 aromatic carbocycles. The summed E-state index contributed by atoms with van der Waals surface area (Å²) in [4.78, 5) is 23.2. The number of hydrogen-bond donors (Lipinski definition) is 3. The number of aromatic hydroxyl groups is 1. The van der Waals surface area contributed by atoms with Crippen molar-refractivity contribution in [3.63, 3.8) is 0 Å². The molecular weight excluding hydrogens is 365 g/mol. The molecule has 1 heterocycles. The van der Waals surface area contributed by atoms with Crippen LogP contribution >= 0.6 is 7.60 Å². The summed E-state index contributed by atoms with van der Waals surface area (Å²) in [5, 5.41) is 10.2. The van der Waals surface area contributed by atoms with E-state index in [1.807, 2.05) is 26.8 Å². The van der Waals surface area contributed by atoms with Crippen molar-refractivity contribution in [2.24, 2.45) is 0 Å². The topological polar surface area (TPSA) is 99.9 Å². The van der Waals surface area contributed by atoms with E-state index in [-0.39, 0.29) is 18.3 Å². The van der Waals surface area contributed by atoms with Gasteiger partial charge in [0.15, 0.2) is 11.5 Å². The number of ether oxygens (including phenoxy) is 1. The Kier molecular flexibility index (Phi) is 6.68. The zero-order valence-corrected chi connectivity index (χ0v) is 17.4. The van der Waals surface area contributed by atoms with Crippen LogP contribution in [0.1, 0.15) is 41.9 Å². The van der Waals surface area contributed by atoms with Crippen molar-refractivity contribution >= 4 is 7.60 Å². The van der Waals surface area contributed by atoms with Gasteiger partial charge in [0.1, 0.15) is 0 Å². The molecule has 3 N–H and O–H groups in total. The van der Waals surface area contributed by atoms with Crippen molar-refractivity contribution in [3.05, 3.63) is 40.2 Å². The van der Waals surface area contributed by atoms with E-state index in [1.54, 1.807) is 6.07 Å². The smallest absolute Gasteiger partial charge is 0.325 e. The lowest BCUT2D eigenvalue weighted by Crippen LogP contribution is -2.09. The largest absolute Gasteiger partial charge is 0.504 e.